The van der Waals surface area contributed by atoms with Gasteiger partial charge in [0.25, 0.3) is 0 Å². The number of rotatable bonds is 12. The number of hydrogen-bond donors (Lipinski definition) is 5. The van der Waals surface area contributed by atoms with E-state index in [-0.39, 0.29) is 31.7 Å². The van der Waals surface area contributed by atoms with Crippen LogP contribution in [0.3, 0.4) is 0 Å². The molecule has 1 aromatic carbocycles. The van der Waals surface area contributed by atoms with Gasteiger partial charge in [0.15, 0.2) is 0 Å². The third-order valence-electron chi connectivity index (χ3n) is 4.55. The Bertz CT molecular complexity index is 907. The van der Waals surface area contributed by atoms with Gasteiger partial charge in [-0.25, -0.2) is 4.98 Å². The zero-order valence-electron chi connectivity index (χ0n) is 17.5. The summed E-state index contributed by atoms with van der Waals surface area (Å²) in [6.07, 6.45) is 0.238. The molecular formula is C21H26ClN5O4S. The Morgan fingerprint density at radius 3 is 2.47 bits per heavy atom. The van der Waals surface area contributed by atoms with Gasteiger partial charge in [-0.2, -0.15) is 0 Å². The van der Waals surface area contributed by atoms with Crippen molar-refractivity contribution in [2.75, 3.05) is 0 Å². The summed E-state index contributed by atoms with van der Waals surface area (Å²) in [4.78, 5) is 41.4. The van der Waals surface area contributed by atoms with Crippen molar-refractivity contribution < 1.29 is 19.5 Å². The van der Waals surface area contributed by atoms with Crippen LogP contribution < -0.4 is 16.0 Å². The summed E-state index contributed by atoms with van der Waals surface area (Å²) in [7, 11) is 0. The first-order valence-electron chi connectivity index (χ1n) is 9.93. The fourth-order valence-corrected chi connectivity index (χ4v) is 3.58. The molecule has 1 heterocycles. The van der Waals surface area contributed by atoms with E-state index in [4.69, 9.17) is 17.0 Å². The maximum Gasteiger partial charge on any atom is 0.243 e. The summed E-state index contributed by atoms with van der Waals surface area (Å²) in [6, 6.07) is 5.09. The maximum atomic E-state index is 12.9. The van der Waals surface area contributed by atoms with Crippen LogP contribution in [0.5, 0.6) is 0 Å². The second-order valence-corrected chi connectivity index (χ2v) is 8.31. The summed E-state index contributed by atoms with van der Waals surface area (Å²) in [5, 5.41) is 27.2. The fraction of sp³-hybridized carbons (Fsp3) is 0.381. The third kappa shape index (κ3) is 8.74. The van der Waals surface area contributed by atoms with Gasteiger partial charge in [-0.15, -0.1) is 11.3 Å². The van der Waals surface area contributed by atoms with Crippen molar-refractivity contribution in [2.24, 2.45) is 0 Å². The minimum atomic E-state index is -1.03. The van der Waals surface area contributed by atoms with Crippen molar-refractivity contribution >= 4 is 46.9 Å². The van der Waals surface area contributed by atoms with E-state index >= 15 is 0 Å². The van der Waals surface area contributed by atoms with Crippen LogP contribution in [0.25, 0.3) is 0 Å². The number of thiazole rings is 1. The SMILES string of the molecule is CC(=O)N[C@@H](Cc1cscn1)C(=O)N[C@@H](CCC(O)C=N)C(=O)NCc1ccc(Cl)cc1. The Labute approximate surface area is 195 Å². The quantitative estimate of drug-likeness (QED) is 0.292. The van der Waals surface area contributed by atoms with E-state index in [0.29, 0.717) is 10.7 Å². The Kier molecular flexibility index (Phi) is 10.3. The van der Waals surface area contributed by atoms with Gasteiger partial charge in [-0.3, -0.25) is 14.4 Å². The topological polar surface area (TPSA) is 144 Å². The molecule has 3 amide bonds. The number of aliphatic hydroxyl groups is 1. The van der Waals surface area contributed by atoms with E-state index in [1.165, 1.54) is 18.3 Å². The van der Waals surface area contributed by atoms with Gasteiger partial charge in [0.2, 0.25) is 17.7 Å². The number of benzene rings is 1. The number of amides is 3. The summed E-state index contributed by atoms with van der Waals surface area (Å²) in [5.74, 6) is -1.37. The molecule has 2 aromatic rings. The number of carbonyl (C=O) groups is 3. The maximum absolute atomic E-state index is 12.9. The predicted molar refractivity (Wildman–Crippen MR) is 123 cm³/mol. The smallest absolute Gasteiger partial charge is 0.243 e. The lowest BCUT2D eigenvalue weighted by Crippen LogP contribution is -2.54. The molecule has 1 aromatic heterocycles. The molecule has 1 unspecified atom stereocenters. The molecule has 2 rings (SSSR count). The van der Waals surface area contributed by atoms with E-state index in [1.54, 1.807) is 35.2 Å². The lowest BCUT2D eigenvalue weighted by molar-refractivity contribution is -0.132. The number of nitrogens with one attached hydrogen (secondary N) is 4. The van der Waals surface area contributed by atoms with Gasteiger partial charge in [-0.05, 0) is 30.5 Å². The van der Waals surface area contributed by atoms with Crippen molar-refractivity contribution in [1.29, 1.82) is 5.41 Å². The standard InChI is InChI=1S/C21H26ClN5O4S/c1-13(28)26-19(8-16-11-32-12-25-16)21(31)27-18(7-6-17(29)9-23)20(30)24-10-14-2-4-15(22)5-3-14/h2-5,9,11-12,17-19,23,29H,6-8,10H2,1H3,(H,24,30)(H,26,28)(H,27,31)/t17?,18-,19-/m0/s1. The summed E-state index contributed by atoms with van der Waals surface area (Å²) in [6.45, 7) is 1.53. The summed E-state index contributed by atoms with van der Waals surface area (Å²) in [5.41, 5.74) is 3.10. The van der Waals surface area contributed by atoms with Crippen LogP contribution in [0, 0.1) is 5.41 Å². The highest BCUT2D eigenvalue weighted by Crippen LogP contribution is 2.10. The molecule has 0 spiro atoms. The predicted octanol–water partition coefficient (Wildman–Crippen LogP) is 1.44. The highest BCUT2D eigenvalue weighted by Gasteiger charge is 2.27. The molecule has 0 aliphatic heterocycles. The second kappa shape index (κ2) is 12.9. The normalized spacial score (nSPS) is 13.5. The number of nitrogens with zero attached hydrogens (tertiary/aromatic N) is 1. The van der Waals surface area contributed by atoms with Gasteiger partial charge >= 0.3 is 0 Å². The van der Waals surface area contributed by atoms with Gasteiger partial charge < -0.3 is 26.5 Å². The van der Waals surface area contributed by atoms with Gasteiger partial charge in [0, 0.05) is 36.5 Å². The molecule has 11 heteroatoms. The summed E-state index contributed by atoms with van der Waals surface area (Å²) >= 11 is 7.25. The Balaban J connectivity index is 2.07. The molecule has 0 fully saturated rings. The van der Waals surface area contributed by atoms with Crippen LogP contribution in [0.4, 0.5) is 0 Å². The monoisotopic (exact) mass is 479 g/mol. The highest BCUT2D eigenvalue weighted by molar-refractivity contribution is 7.07. The molecule has 5 N–H and O–H groups in total. The molecule has 172 valence electrons. The Morgan fingerprint density at radius 2 is 1.88 bits per heavy atom. The first-order valence-corrected chi connectivity index (χ1v) is 11.3. The lowest BCUT2D eigenvalue weighted by Gasteiger charge is -2.23. The zero-order valence-corrected chi connectivity index (χ0v) is 19.1. The zero-order chi connectivity index (χ0) is 23.5. The summed E-state index contributed by atoms with van der Waals surface area (Å²) < 4.78 is 0. The first-order chi connectivity index (χ1) is 15.3. The van der Waals surface area contributed by atoms with Crippen molar-refractivity contribution in [3.8, 4) is 0 Å². The van der Waals surface area contributed by atoms with Crippen molar-refractivity contribution in [1.82, 2.24) is 20.9 Å². The highest BCUT2D eigenvalue weighted by atomic mass is 35.5. The molecule has 3 atom stereocenters. The van der Waals surface area contributed by atoms with Crippen LogP contribution in [0.2, 0.25) is 5.02 Å². The molecule has 0 radical (unpaired) electrons. The van der Waals surface area contributed by atoms with Crippen LogP contribution in [0.15, 0.2) is 35.2 Å². The van der Waals surface area contributed by atoms with Crippen LogP contribution in [-0.2, 0) is 27.3 Å². The van der Waals surface area contributed by atoms with E-state index in [9.17, 15) is 19.5 Å². The second-order valence-electron chi connectivity index (χ2n) is 7.15. The van der Waals surface area contributed by atoms with Crippen LogP contribution in [-0.4, -0.2) is 52.2 Å². The molecule has 0 saturated carbocycles. The van der Waals surface area contributed by atoms with E-state index in [0.717, 1.165) is 11.8 Å². The minimum absolute atomic E-state index is 0.109. The molecule has 9 nitrogen and oxygen atoms in total. The van der Waals surface area contributed by atoms with E-state index < -0.39 is 30.0 Å². The van der Waals surface area contributed by atoms with Crippen molar-refractivity contribution in [3.63, 3.8) is 0 Å². The number of carbonyl (C=O) groups excluding carboxylic acids is 3. The number of aromatic nitrogens is 1. The third-order valence-corrected chi connectivity index (χ3v) is 5.43. The largest absolute Gasteiger partial charge is 0.387 e. The fourth-order valence-electron chi connectivity index (χ4n) is 2.88. The lowest BCUT2D eigenvalue weighted by atomic mass is 10.1. The van der Waals surface area contributed by atoms with Gasteiger partial charge in [0.05, 0.1) is 17.3 Å². The molecule has 32 heavy (non-hydrogen) atoms. The average Bonchev–Trinajstić information content (AvgIpc) is 3.28. The van der Waals surface area contributed by atoms with Crippen molar-refractivity contribution in [2.45, 2.75) is 50.9 Å². The Hall–Kier alpha value is -2.82. The molecule has 0 saturated heterocycles. The number of hydrogen-bond acceptors (Lipinski definition) is 7. The van der Waals surface area contributed by atoms with E-state index in [2.05, 4.69) is 20.9 Å². The molecule has 0 aliphatic rings. The number of halogens is 1. The minimum Gasteiger partial charge on any atom is -0.387 e. The van der Waals surface area contributed by atoms with Crippen LogP contribution >= 0.6 is 22.9 Å². The Morgan fingerprint density at radius 1 is 1.16 bits per heavy atom. The average molecular weight is 480 g/mol. The number of aliphatic hydroxyl groups excluding tert-OH is 1. The molecule has 0 aliphatic carbocycles. The van der Waals surface area contributed by atoms with E-state index in [1.807, 2.05) is 0 Å². The molecular weight excluding hydrogens is 454 g/mol. The van der Waals surface area contributed by atoms with Gasteiger partial charge in [-0.1, -0.05) is 23.7 Å². The molecule has 0 bridgehead atoms. The first kappa shape index (κ1) is 25.4. The van der Waals surface area contributed by atoms with Gasteiger partial charge in [0.1, 0.15) is 12.1 Å². The van der Waals surface area contributed by atoms with Crippen LogP contribution in [0.1, 0.15) is 31.0 Å². The van der Waals surface area contributed by atoms with Crippen molar-refractivity contribution in [3.05, 3.63) is 51.4 Å².